The van der Waals surface area contributed by atoms with Crippen LogP contribution in [-0.2, 0) is 4.79 Å². The first-order valence-corrected chi connectivity index (χ1v) is 8.97. The molecule has 0 heterocycles. The van der Waals surface area contributed by atoms with Crippen LogP contribution in [0, 0.1) is 0 Å². The fraction of sp³-hybridized carbons (Fsp3) is 0.333. The zero-order chi connectivity index (χ0) is 18.8. The van der Waals surface area contributed by atoms with Crippen molar-refractivity contribution in [2.75, 3.05) is 30.9 Å². The molecule has 2 aromatic rings. The largest absolute Gasteiger partial charge is 0.377 e. The molecule has 0 aliphatic heterocycles. The van der Waals surface area contributed by atoms with E-state index in [1.54, 1.807) is 0 Å². The fourth-order valence-corrected chi connectivity index (χ4v) is 2.69. The van der Waals surface area contributed by atoms with E-state index >= 15 is 0 Å². The van der Waals surface area contributed by atoms with Crippen molar-refractivity contribution in [3.63, 3.8) is 0 Å². The highest BCUT2D eigenvalue weighted by molar-refractivity contribution is 5.99. The summed E-state index contributed by atoms with van der Waals surface area (Å²) in [6.07, 6.45) is 3.06. The standard InChI is InChI=1S/C21H27N3O2/c1-24(2)19-14-9-8-13-18(19)21(26)22-16-10-4-7-15-20(25)23-17-11-5-3-6-12-17/h3,5-6,8-9,11-14H,4,7,10,15-16H2,1-2H3,(H,22,26)(H,23,25). The van der Waals surface area contributed by atoms with Gasteiger partial charge in [-0.25, -0.2) is 0 Å². The second-order valence-electron chi connectivity index (χ2n) is 6.39. The van der Waals surface area contributed by atoms with Crippen LogP contribution < -0.4 is 15.5 Å². The normalized spacial score (nSPS) is 10.2. The Labute approximate surface area is 155 Å². The number of rotatable bonds is 9. The average molecular weight is 353 g/mol. The number of benzene rings is 2. The second kappa shape index (κ2) is 10.2. The minimum Gasteiger partial charge on any atom is -0.377 e. The molecule has 0 aromatic heterocycles. The lowest BCUT2D eigenvalue weighted by atomic mass is 10.1. The van der Waals surface area contributed by atoms with Crippen molar-refractivity contribution >= 4 is 23.2 Å². The van der Waals surface area contributed by atoms with Crippen molar-refractivity contribution in [1.82, 2.24) is 5.32 Å². The molecule has 0 unspecified atom stereocenters. The third-order valence-electron chi connectivity index (χ3n) is 4.05. The number of hydrogen-bond donors (Lipinski definition) is 2. The van der Waals surface area contributed by atoms with Gasteiger partial charge < -0.3 is 15.5 Å². The van der Waals surface area contributed by atoms with Gasteiger partial charge in [-0.2, -0.15) is 0 Å². The first kappa shape index (κ1) is 19.5. The van der Waals surface area contributed by atoms with Gasteiger partial charge in [0.15, 0.2) is 0 Å². The number of nitrogens with one attached hydrogen (secondary N) is 2. The van der Waals surface area contributed by atoms with Crippen molar-refractivity contribution in [3.05, 3.63) is 60.2 Å². The van der Waals surface area contributed by atoms with Gasteiger partial charge in [-0.05, 0) is 37.1 Å². The molecule has 5 nitrogen and oxygen atoms in total. The Kier molecular flexibility index (Phi) is 7.68. The van der Waals surface area contributed by atoms with Crippen molar-refractivity contribution in [2.45, 2.75) is 25.7 Å². The van der Waals surface area contributed by atoms with Crippen LogP contribution >= 0.6 is 0 Å². The Balaban J connectivity index is 1.63. The summed E-state index contributed by atoms with van der Waals surface area (Å²) in [5.41, 5.74) is 2.41. The number of carbonyl (C=O) groups is 2. The molecule has 0 bridgehead atoms. The lowest BCUT2D eigenvalue weighted by Crippen LogP contribution is -2.26. The van der Waals surface area contributed by atoms with Crippen molar-refractivity contribution in [2.24, 2.45) is 0 Å². The third kappa shape index (κ3) is 6.24. The number of nitrogens with zero attached hydrogens (tertiary/aromatic N) is 1. The average Bonchev–Trinajstić information content (AvgIpc) is 2.65. The summed E-state index contributed by atoms with van der Waals surface area (Å²) in [5.74, 6) is -0.0312. The predicted molar refractivity (Wildman–Crippen MR) is 107 cm³/mol. The smallest absolute Gasteiger partial charge is 0.253 e. The Morgan fingerprint density at radius 1 is 0.885 bits per heavy atom. The number of unbranched alkanes of at least 4 members (excludes halogenated alkanes) is 2. The number of hydrogen-bond acceptors (Lipinski definition) is 3. The number of amides is 2. The second-order valence-corrected chi connectivity index (χ2v) is 6.39. The lowest BCUT2D eigenvalue weighted by Gasteiger charge is -2.16. The van der Waals surface area contributed by atoms with Gasteiger partial charge in [-0.15, -0.1) is 0 Å². The maximum atomic E-state index is 12.3. The van der Waals surface area contributed by atoms with Gasteiger partial charge in [-0.3, -0.25) is 9.59 Å². The van der Waals surface area contributed by atoms with Crippen molar-refractivity contribution < 1.29 is 9.59 Å². The number of carbonyl (C=O) groups excluding carboxylic acids is 2. The number of anilines is 2. The summed E-state index contributed by atoms with van der Waals surface area (Å²) in [7, 11) is 3.85. The van der Waals surface area contributed by atoms with Gasteiger partial charge in [0.1, 0.15) is 0 Å². The minimum atomic E-state index is -0.0591. The summed E-state index contributed by atoms with van der Waals surface area (Å²) in [5, 5.41) is 5.83. The topological polar surface area (TPSA) is 61.4 Å². The molecule has 0 spiro atoms. The van der Waals surface area contributed by atoms with E-state index in [2.05, 4.69) is 10.6 Å². The fourth-order valence-electron chi connectivity index (χ4n) is 2.69. The molecule has 0 fully saturated rings. The van der Waals surface area contributed by atoms with Gasteiger partial charge in [0.05, 0.1) is 5.56 Å². The summed E-state index contributed by atoms with van der Waals surface area (Å²) in [6.45, 7) is 0.612. The minimum absolute atomic E-state index is 0.0279. The van der Waals surface area contributed by atoms with Crippen LogP contribution in [0.15, 0.2) is 54.6 Å². The molecule has 2 N–H and O–H groups in total. The molecule has 0 atom stereocenters. The van der Waals surface area contributed by atoms with E-state index in [0.717, 1.165) is 30.6 Å². The molecule has 2 aromatic carbocycles. The van der Waals surface area contributed by atoms with Gasteiger partial charge in [0.2, 0.25) is 5.91 Å². The molecule has 0 aliphatic carbocycles. The molecule has 2 rings (SSSR count). The summed E-state index contributed by atoms with van der Waals surface area (Å²) >= 11 is 0. The van der Waals surface area contributed by atoms with E-state index in [4.69, 9.17) is 0 Å². The van der Waals surface area contributed by atoms with Crippen LogP contribution in [0.5, 0.6) is 0 Å². The predicted octanol–water partition coefficient (Wildman–Crippen LogP) is 3.68. The van der Waals surface area contributed by atoms with Crippen molar-refractivity contribution in [1.29, 1.82) is 0 Å². The van der Waals surface area contributed by atoms with E-state index in [1.165, 1.54) is 0 Å². The zero-order valence-electron chi connectivity index (χ0n) is 15.5. The molecule has 5 heteroatoms. The van der Waals surface area contributed by atoms with Crippen LogP contribution in [0.2, 0.25) is 0 Å². The van der Waals surface area contributed by atoms with Crippen LogP contribution in [-0.4, -0.2) is 32.5 Å². The molecule has 0 saturated heterocycles. The van der Waals surface area contributed by atoms with Gasteiger partial charge in [0.25, 0.3) is 5.91 Å². The lowest BCUT2D eigenvalue weighted by molar-refractivity contribution is -0.116. The van der Waals surface area contributed by atoms with Crippen LogP contribution in [0.1, 0.15) is 36.0 Å². The SMILES string of the molecule is CN(C)c1ccccc1C(=O)NCCCCCC(=O)Nc1ccccc1. The molecule has 138 valence electrons. The molecule has 0 saturated carbocycles. The van der Waals surface area contributed by atoms with E-state index in [9.17, 15) is 9.59 Å². The van der Waals surface area contributed by atoms with Crippen LogP contribution in [0.4, 0.5) is 11.4 Å². The monoisotopic (exact) mass is 353 g/mol. The summed E-state index contributed by atoms with van der Waals surface area (Å²) in [6, 6.07) is 17.0. The Morgan fingerprint density at radius 3 is 2.31 bits per heavy atom. The van der Waals surface area contributed by atoms with Crippen LogP contribution in [0.3, 0.4) is 0 Å². The van der Waals surface area contributed by atoms with Gasteiger partial charge in [0, 0.05) is 38.4 Å². The maximum absolute atomic E-state index is 12.3. The van der Waals surface area contributed by atoms with E-state index in [-0.39, 0.29) is 11.8 Å². The highest BCUT2D eigenvalue weighted by Crippen LogP contribution is 2.17. The molecule has 0 radical (unpaired) electrons. The first-order valence-electron chi connectivity index (χ1n) is 8.97. The molecular formula is C21H27N3O2. The van der Waals surface area contributed by atoms with Gasteiger partial charge in [-0.1, -0.05) is 36.8 Å². The highest BCUT2D eigenvalue weighted by atomic mass is 16.2. The summed E-state index contributed by atoms with van der Waals surface area (Å²) < 4.78 is 0. The van der Waals surface area contributed by atoms with Crippen LogP contribution in [0.25, 0.3) is 0 Å². The molecule has 0 aliphatic rings. The Hall–Kier alpha value is -2.82. The van der Waals surface area contributed by atoms with Gasteiger partial charge >= 0.3 is 0 Å². The Morgan fingerprint density at radius 2 is 1.58 bits per heavy atom. The quantitative estimate of drug-likeness (QED) is 0.676. The van der Waals surface area contributed by atoms with E-state index in [1.807, 2.05) is 73.6 Å². The van der Waals surface area contributed by atoms with E-state index < -0.39 is 0 Å². The highest BCUT2D eigenvalue weighted by Gasteiger charge is 2.11. The maximum Gasteiger partial charge on any atom is 0.253 e. The number of para-hydroxylation sites is 2. The zero-order valence-corrected chi connectivity index (χ0v) is 15.5. The van der Waals surface area contributed by atoms with E-state index in [0.29, 0.717) is 18.5 Å². The molecular weight excluding hydrogens is 326 g/mol. The summed E-state index contributed by atoms with van der Waals surface area (Å²) in [4.78, 5) is 26.1. The molecule has 2 amide bonds. The van der Waals surface area contributed by atoms with Crippen molar-refractivity contribution in [3.8, 4) is 0 Å². The first-order chi connectivity index (χ1) is 12.6. The molecule has 26 heavy (non-hydrogen) atoms. The third-order valence-corrected chi connectivity index (χ3v) is 4.05. The Bertz CT molecular complexity index is 714.